The number of hydrogen-bond acceptors (Lipinski definition) is 6. The van der Waals surface area contributed by atoms with Gasteiger partial charge in [0.25, 0.3) is 5.91 Å². The van der Waals surface area contributed by atoms with Crippen LogP contribution in [0.5, 0.6) is 11.5 Å². The Balaban J connectivity index is 2.27. The molecule has 1 aromatic rings. The molecule has 25 heavy (non-hydrogen) atoms. The monoisotopic (exact) mass is 371 g/mol. The third-order valence-electron chi connectivity index (χ3n) is 4.14. The summed E-state index contributed by atoms with van der Waals surface area (Å²) >= 11 is 0. The zero-order chi connectivity index (χ0) is 18.6. The first kappa shape index (κ1) is 19.3. The average molecular weight is 371 g/mol. The van der Waals surface area contributed by atoms with Crippen LogP contribution >= 0.6 is 0 Å². The summed E-state index contributed by atoms with van der Waals surface area (Å²) in [6.45, 7) is 0. The van der Waals surface area contributed by atoms with Crippen molar-refractivity contribution in [1.29, 1.82) is 0 Å². The summed E-state index contributed by atoms with van der Waals surface area (Å²) in [6.07, 6.45) is 4.43. The number of ether oxygens (including phenoxy) is 2. The molecule has 140 valence electrons. The van der Waals surface area contributed by atoms with Gasteiger partial charge in [-0.15, -0.1) is 0 Å². The Kier molecular flexibility index (Phi) is 6.12. The minimum atomic E-state index is -3.54. The Morgan fingerprint density at radius 3 is 2.32 bits per heavy atom. The van der Waals surface area contributed by atoms with Gasteiger partial charge in [-0.2, -0.15) is 0 Å². The van der Waals surface area contributed by atoms with Gasteiger partial charge in [0.15, 0.2) is 11.5 Å². The molecule has 0 bridgehead atoms. The lowest BCUT2D eigenvalue weighted by Crippen LogP contribution is -2.40. The third-order valence-corrected chi connectivity index (χ3v) is 4.73. The lowest BCUT2D eigenvalue weighted by Gasteiger charge is -2.27. The van der Waals surface area contributed by atoms with E-state index in [1.807, 2.05) is 0 Å². The number of sulfonamides is 1. The Bertz CT molecular complexity index is 728. The van der Waals surface area contributed by atoms with E-state index >= 15 is 0 Å². The Hall–Kier alpha value is -2.00. The number of amides is 1. The smallest absolute Gasteiger partial charge is 0.251 e. The SMILES string of the molecule is COc1cc(C(=O)NC2CCC(N)CC2)cc(NS(C)(=O)=O)c1OC. The molecule has 0 atom stereocenters. The lowest BCUT2D eigenvalue weighted by atomic mass is 9.91. The molecule has 2 rings (SSSR count). The average Bonchev–Trinajstić information content (AvgIpc) is 2.54. The molecule has 0 aromatic heterocycles. The van der Waals surface area contributed by atoms with Crippen LogP contribution < -0.4 is 25.2 Å². The number of nitrogens with two attached hydrogens (primary N) is 1. The molecule has 0 radical (unpaired) electrons. The standard InChI is InChI=1S/C16H25N3O5S/c1-23-14-9-10(8-13(15(14)24-2)19-25(3,21)22)16(20)18-12-6-4-11(17)5-7-12/h8-9,11-12,19H,4-7,17H2,1-3H3,(H,18,20). The van der Waals surface area contributed by atoms with Crippen molar-refractivity contribution in [2.75, 3.05) is 25.2 Å². The summed E-state index contributed by atoms with van der Waals surface area (Å²) in [5.74, 6) is 0.193. The van der Waals surface area contributed by atoms with Crippen molar-refractivity contribution in [3.05, 3.63) is 17.7 Å². The highest BCUT2D eigenvalue weighted by molar-refractivity contribution is 7.92. The molecule has 9 heteroatoms. The summed E-state index contributed by atoms with van der Waals surface area (Å²) in [5.41, 5.74) is 6.32. The second-order valence-electron chi connectivity index (χ2n) is 6.22. The summed E-state index contributed by atoms with van der Waals surface area (Å²) in [6, 6.07) is 3.22. The fourth-order valence-electron chi connectivity index (χ4n) is 2.90. The van der Waals surface area contributed by atoms with E-state index in [2.05, 4.69) is 10.0 Å². The highest BCUT2D eigenvalue weighted by atomic mass is 32.2. The molecule has 1 amide bonds. The first-order chi connectivity index (χ1) is 11.7. The molecule has 8 nitrogen and oxygen atoms in total. The first-order valence-electron chi connectivity index (χ1n) is 8.03. The van der Waals surface area contributed by atoms with Crippen molar-refractivity contribution < 1.29 is 22.7 Å². The van der Waals surface area contributed by atoms with Gasteiger partial charge in [0.2, 0.25) is 10.0 Å². The maximum atomic E-state index is 12.6. The van der Waals surface area contributed by atoms with Gasteiger partial charge in [-0.05, 0) is 37.8 Å². The van der Waals surface area contributed by atoms with Crippen molar-refractivity contribution in [2.24, 2.45) is 5.73 Å². The topological polar surface area (TPSA) is 120 Å². The molecule has 1 aliphatic rings. The molecule has 0 saturated heterocycles. The number of methoxy groups -OCH3 is 2. The summed E-state index contributed by atoms with van der Waals surface area (Å²) in [7, 11) is -0.720. The minimum Gasteiger partial charge on any atom is -0.493 e. The highest BCUT2D eigenvalue weighted by Gasteiger charge is 2.23. The molecule has 0 unspecified atom stereocenters. The van der Waals surface area contributed by atoms with E-state index in [0.29, 0.717) is 5.56 Å². The predicted molar refractivity (Wildman–Crippen MR) is 95.7 cm³/mol. The van der Waals surface area contributed by atoms with Crippen molar-refractivity contribution in [2.45, 2.75) is 37.8 Å². The highest BCUT2D eigenvalue weighted by Crippen LogP contribution is 2.37. The minimum absolute atomic E-state index is 0.0618. The maximum absolute atomic E-state index is 12.6. The summed E-state index contributed by atoms with van der Waals surface area (Å²) in [5, 5.41) is 2.97. The number of nitrogens with one attached hydrogen (secondary N) is 2. The normalized spacial score (nSPS) is 20.6. The van der Waals surface area contributed by atoms with Crippen LogP contribution in [-0.2, 0) is 10.0 Å². The Labute approximate surface area is 148 Å². The molecular weight excluding hydrogens is 346 g/mol. The third kappa shape index (κ3) is 5.23. The van der Waals surface area contributed by atoms with E-state index in [4.69, 9.17) is 15.2 Å². The van der Waals surface area contributed by atoms with Crippen molar-refractivity contribution in [3.63, 3.8) is 0 Å². The molecule has 0 spiro atoms. The second kappa shape index (κ2) is 7.92. The molecule has 1 aromatic carbocycles. The molecule has 0 heterocycles. The van der Waals surface area contributed by atoms with Gasteiger partial charge in [-0.25, -0.2) is 8.42 Å². The van der Waals surface area contributed by atoms with Crippen LogP contribution in [0.4, 0.5) is 5.69 Å². The van der Waals surface area contributed by atoms with Crippen LogP contribution in [0.25, 0.3) is 0 Å². The van der Waals surface area contributed by atoms with Crippen molar-refractivity contribution in [1.82, 2.24) is 5.32 Å². The first-order valence-corrected chi connectivity index (χ1v) is 9.93. The zero-order valence-corrected chi connectivity index (χ0v) is 15.5. The quantitative estimate of drug-likeness (QED) is 0.688. The van der Waals surface area contributed by atoms with Crippen LogP contribution in [0.2, 0.25) is 0 Å². The van der Waals surface area contributed by atoms with Crippen molar-refractivity contribution >= 4 is 21.6 Å². The van der Waals surface area contributed by atoms with Crippen LogP contribution in [0.1, 0.15) is 36.0 Å². The largest absolute Gasteiger partial charge is 0.493 e. The molecule has 4 N–H and O–H groups in total. The fourth-order valence-corrected chi connectivity index (χ4v) is 3.45. The van der Waals surface area contributed by atoms with Crippen LogP contribution in [0.15, 0.2) is 12.1 Å². The van der Waals surface area contributed by atoms with E-state index in [0.717, 1.165) is 31.9 Å². The van der Waals surface area contributed by atoms with Gasteiger partial charge in [0.1, 0.15) is 0 Å². The molecule has 1 saturated carbocycles. The molecule has 1 fully saturated rings. The van der Waals surface area contributed by atoms with Crippen LogP contribution in [0, 0.1) is 0 Å². The molecule has 0 aliphatic heterocycles. The number of carbonyl (C=O) groups is 1. The van der Waals surface area contributed by atoms with Gasteiger partial charge < -0.3 is 20.5 Å². The lowest BCUT2D eigenvalue weighted by molar-refractivity contribution is 0.0925. The predicted octanol–water partition coefficient (Wildman–Crippen LogP) is 1.08. The second-order valence-corrected chi connectivity index (χ2v) is 7.97. The number of anilines is 1. The number of carbonyl (C=O) groups excluding carboxylic acids is 1. The van der Waals surface area contributed by atoms with Gasteiger partial charge in [0.05, 0.1) is 26.2 Å². The van der Waals surface area contributed by atoms with E-state index in [9.17, 15) is 13.2 Å². The molecular formula is C16H25N3O5S. The van der Waals surface area contributed by atoms with Gasteiger partial charge in [-0.1, -0.05) is 0 Å². The summed E-state index contributed by atoms with van der Waals surface area (Å²) < 4.78 is 35.9. The summed E-state index contributed by atoms with van der Waals surface area (Å²) in [4.78, 5) is 12.6. The van der Waals surface area contributed by atoms with E-state index in [1.54, 1.807) is 0 Å². The fraction of sp³-hybridized carbons (Fsp3) is 0.562. The van der Waals surface area contributed by atoms with E-state index in [1.165, 1.54) is 26.4 Å². The van der Waals surface area contributed by atoms with E-state index < -0.39 is 10.0 Å². The maximum Gasteiger partial charge on any atom is 0.251 e. The van der Waals surface area contributed by atoms with Gasteiger partial charge in [-0.3, -0.25) is 9.52 Å². The molecule has 1 aliphatic carbocycles. The van der Waals surface area contributed by atoms with E-state index in [-0.39, 0.29) is 35.2 Å². The zero-order valence-electron chi connectivity index (χ0n) is 14.7. The Morgan fingerprint density at radius 2 is 1.80 bits per heavy atom. The number of hydrogen-bond donors (Lipinski definition) is 3. The van der Waals surface area contributed by atoms with Crippen molar-refractivity contribution in [3.8, 4) is 11.5 Å². The number of rotatable bonds is 6. The van der Waals surface area contributed by atoms with Gasteiger partial charge >= 0.3 is 0 Å². The van der Waals surface area contributed by atoms with Crippen LogP contribution in [-0.4, -0.2) is 46.9 Å². The van der Waals surface area contributed by atoms with Gasteiger partial charge in [0, 0.05) is 17.6 Å². The Morgan fingerprint density at radius 1 is 1.16 bits per heavy atom. The van der Waals surface area contributed by atoms with Crippen LogP contribution in [0.3, 0.4) is 0 Å². The number of benzene rings is 1.